The molecule has 36 heavy (non-hydrogen) atoms. The molecule has 2 aliphatic rings. The predicted octanol–water partition coefficient (Wildman–Crippen LogP) is 3.15. The molecule has 2 heterocycles. The minimum Gasteiger partial charge on any atom is -0.462 e. The summed E-state index contributed by atoms with van der Waals surface area (Å²) in [6.45, 7) is 16.5. The molecule has 0 aromatic rings. The normalized spacial score (nSPS) is 20.2. The van der Waals surface area contributed by atoms with Crippen molar-refractivity contribution in [1.82, 2.24) is 9.80 Å². The standard InChI is InChI=1S/C27H40N2O7/c1-8-18(4)21(16-20(9-2)24(31)28-12-11-13-28)29-14-15-34-22(25(29)32)23(36-19(5)30)26(33)35-17-27(6,7)10-3/h9,16,22-23H,2,8,10-15,17H2,1,3-7H3/b20-16+,21-18+/t22-,23-/m1/s1. The maximum absolute atomic E-state index is 13.6. The third kappa shape index (κ3) is 7.29. The van der Waals surface area contributed by atoms with Gasteiger partial charge in [0.05, 0.1) is 13.2 Å². The first-order chi connectivity index (χ1) is 16.9. The number of hydrogen-bond donors (Lipinski definition) is 0. The van der Waals surface area contributed by atoms with Crippen molar-refractivity contribution in [3.05, 3.63) is 35.6 Å². The lowest BCUT2D eigenvalue weighted by Gasteiger charge is -2.37. The molecule has 0 saturated carbocycles. The molecule has 9 nitrogen and oxygen atoms in total. The van der Waals surface area contributed by atoms with E-state index in [0.717, 1.165) is 25.3 Å². The van der Waals surface area contributed by atoms with Crippen LogP contribution >= 0.6 is 0 Å². The van der Waals surface area contributed by atoms with Crippen molar-refractivity contribution in [2.45, 2.75) is 73.0 Å². The van der Waals surface area contributed by atoms with Crippen molar-refractivity contribution in [3.8, 4) is 0 Å². The molecule has 0 N–H and O–H groups in total. The SMILES string of the molecule is C=C/C(=C\C(=C(\C)CC)N1CCO[C@H]([C@@H](OC(C)=O)C(=O)OCC(C)(C)CC)C1=O)C(=O)N1CCC1. The molecule has 0 bridgehead atoms. The number of carbonyl (C=O) groups excluding carboxylic acids is 4. The number of rotatable bonds is 11. The summed E-state index contributed by atoms with van der Waals surface area (Å²) in [6, 6.07) is 0. The molecular formula is C27H40N2O7. The van der Waals surface area contributed by atoms with Crippen LogP contribution in [0.25, 0.3) is 0 Å². The second-order valence-corrected chi connectivity index (χ2v) is 9.91. The van der Waals surface area contributed by atoms with Crippen LogP contribution in [0.15, 0.2) is 35.6 Å². The lowest BCUT2D eigenvalue weighted by atomic mass is 9.92. The molecule has 2 rings (SSSR count). The van der Waals surface area contributed by atoms with Crippen molar-refractivity contribution in [2.75, 3.05) is 32.8 Å². The van der Waals surface area contributed by atoms with Gasteiger partial charge in [-0.3, -0.25) is 14.4 Å². The van der Waals surface area contributed by atoms with Gasteiger partial charge in [0.1, 0.15) is 0 Å². The molecule has 0 aromatic heterocycles. The van der Waals surface area contributed by atoms with E-state index in [1.54, 1.807) is 11.0 Å². The maximum Gasteiger partial charge on any atom is 0.350 e. The molecule has 2 fully saturated rings. The Bertz CT molecular complexity index is 930. The van der Waals surface area contributed by atoms with Crippen molar-refractivity contribution < 1.29 is 33.4 Å². The van der Waals surface area contributed by atoms with E-state index in [1.807, 2.05) is 34.6 Å². The van der Waals surface area contributed by atoms with E-state index in [4.69, 9.17) is 14.2 Å². The highest BCUT2D eigenvalue weighted by Crippen LogP contribution is 2.26. The molecule has 0 radical (unpaired) electrons. The highest BCUT2D eigenvalue weighted by molar-refractivity contribution is 5.97. The number of ether oxygens (including phenoxy) is 3. The number of allylic oxidation sites excluding steroid dienone is 2. The lowest BCUT2D eigenvalue weighted by molar-refractivity contribution is -0.188. The minimum atomic E-state index is -1.54. The summed E-state index contributed by atoms with van der Waals surface area (Å²) in [6.07, 6.45) is 2.59. The molecule has 2 amide bonds. The fourth-order valence-electron chi connectivity index (χ4n) is 3.59. The van der Waals surface area contributed by atoms with E-state index in [0.29, 0.717) is 30.8 Å². The Hall–Kier alpha value is -2.94. The second-order valence-electron chi connectivity index (χ2n) is 9.91. The maximum atomic E-state index is 13.6. The lowest BCUT2D eigenvalue weighted by Crippen LogP contribution is -2.55. The second kappa shape index (κ2) is 12.9. The van der Waals surface area contributed by atoms with Crippen molar-refractivity contribution in [1.29, 1.82) is 0 Å². The number of amides is 2. The summed E-state index contributed by atoms with van der Waals surface area (Å²) in [7, 11) is 0. The summed E-state index contributed by atoms with van der Waals surface area (Å²) in [4.78, 5) is 54.4. The van der Waals surface area contributed by atoms with E-state index >= 15 is 0 Å². The number of esters is 2. The molecule has 2 atom stereocenters. The minimum absolute atomic E-state index is 0.106. The number of carbonyl (C=O) groups is 4. The number of hydrogen-bond acceptors (Lipinski definition) is 7. The first-order valence-electron chi connectivity index (χ1n) is 12.6. The van der Waals surface area contributed by atoms with Gasteiger partial charge in [-0.15, -0.1) is 0 Å². The topological polar surface area (TPSA) is 102 Å². The van der Waals surface area contributed by atoms with Crippen LogP contribution in [0.3, 0.4) is 0 Å². The first kappa shape index (κ1) is 29.3. The molecule has 2 saturated heterocycles. The Morgan fingerprint density at radius 3 is 2.36 bits per heavy atom. The monoisotopic (exact) mass is 504 g/mol. The highest BCUT2D eigenvalue weighted by atomic mass is 16.6. The van der Waals surface area contributed by atoms with Gasteiger partial charge in [0.2, 0.25) is 6.10 Å². The van der Waals surface area contributed by atoms with Crippen LogP contribution < -0.4 is 0 Å². The Morgan fingerprint density at radius 1 is 1.19 bits per heavy atom. The van der Waals surface area contributed by atoms with E-state index in [2.05, 4.69) is 6.58 Å². The summed E-state index contributed by atoms with van der Waals surface area (Å²) >= 11 is 0. The summed E-state index contributed by atoms with van der Waals surface area (Å²) < 4.78 is 16.3. The highest BCUT2D eigenvalue weighted by Gasteiger charge is 2.44. The van der Waals surface area contributed by atoms with Crippen molar-refractivity contribution in [3.63, 3.8) is 0 Å². The van der Waals surface area contributed by atoms with E-state index in [9.17, 15) is 19.2 Å². The molecule has 9 heteroatoms. The van der Waals surface area contributed by atoms with Crippen molar-refractivity contribution >= 4 is 23.8 Å². The van der Waals surface area contributed by atoms with Crippen LogP contribution in [0.5, 0.6) is 0 Å². The zero-order valence-electron chi connectivity index (χ0n) is 22.4. The predicted molar refractivity (Wildman–Crippen MR) is 135 cm³/mol. The van der Waals surface area contributed by atoms with Crippen molar-refractivity contribution in [2.24, 2.45) is 5.41 Å². The Labute approximate surface area is 214 Å². The van der Waals surface area contributed by atoms with Crippen LogP contribution in [0.4, 0.5) is 0 Å². The fourth-order valence-corrected chi connectivity index (χ4v) is 3.59. The third-order valence-corrected chi connectivity index (χ3v) is 6.64. The van der Waals surface area contributed by atoms with Gasteiger partial charge < -0.3 is 24.0 Å². The summed E-state index contributed by atoms with van der Waals surface area (Å²) in [5, 5.41) is 0. The van der Waals surface area contributed by atoms with Gasteiger partial charge in [-0.1, -0.05) is 40.3 Å². The largest absolute Gasteiger partial charge is 0.462 e. The summed E-state index contributed by atoms with van der Waals surface area (Å²) in [5.74, 6) is -2.25. The zero-order chi connectivity index (χ0) is 27.0. The van der Waals surface area contributed by atoms with E-state index < -0.39 is 30.1 Å². The number of morpholine rings is 1. The Kier molecular flexibility index (Phi) is 10.5. The van der Waals surface area contributed by atoms with Crippen LogP contribution in [-0.4, -0.2) is 78.6 Å². The van der Waals surface area contributed by atoms with Gasteiger partial charge in [-0.05, 0) is 43.3 Å². The molecule has 0 aliphatic carbocycles. The van der Waals surface area contributed by atoms with Crippen LogP contribution in [0, 0.1) is 5.41 Å². The summed E-state index contributed by atoms with van der Waals surface area (Å²) in [5.41, 5.74) is 1.52. The molecular weight excluding hydrogens is 464 g/mol. The number of nitrogens with zero attached hydrogens (tertiary/aromatic N) is 2. The quantitative estimate of drug-likeness (QED) is 0.242. The van der Waals surface area contributed by atoms with Crippen LogP contribution in [0.2, 0.25) is 0 Å². The third-order valence-electron chi connectivity index (χ3n) is 6.64. The van der Waals surface area contributed by atoms with Gasteiger partial charge in [0.15, 0.2) is 6.10 Å². The van der Waals surface area contributed by atoms with E-state index in [1.165, 1.54) is 11.0 Å². The number of likely N-dealkylation sites (tertiary alicyclic amines) is 1. The Morgan fingerprint density at radius 2 is 1.86 bits per heavy atom. The zero-order valence-corrected chi connectivity index (χ0v) is 22.4. The first-order valence-corrected chi connectivity index (χ1v) is 12.6. The van der Waals surface area contributed by atoms with Crippen LogP contribution in [-0.2, 0) is 33.4 Å². The molecule has 0 aromatic carbocycles. The molecule has 2 aliphatic heterocycles. The molecule has 0 spiro atoms. The van der Waals surface area contributed by atoms with E-state index in [-0.39, 0.29) is 31.1 Å². The fraction of sp³-hybridized carbons (Fsp3) is 0.630. The van der Waals surface area contributed by atoms with Gasteiger partial charge >= 0.3 is 11.9 Å². The average molecular weight is 505 g/mol. The van der Waals surface area contributed by atoms with Gasteiger partial charge in [0.25, 0.3) is 11.8 Å². The molecule has 0 unspecified atom stereocenters. The van der Waals surface area contributed by atoms with Gasteiger partial charge in [-0.2, -0.15) is 0 Å². The van der Waals surface area contributed by atoms with Gasteiger partial charge in [-0.25, -0.2) is 4.79 Å². The van der Waals surface area contributed by atoms with Gasteiger partial charge in [0, 0.05) is 37.8 Å². The van der Waals surface area contributed by atoms with Crippen LogP contribution in [0.1, 0.15) is 60.8 Å². The average Bonchev–Trinajstić information content (AvgIpc) is 2.80. The smallest absolute Gasteiger partial charge is 0.350 e. The Balaban J connectivity index is 2.37. The molecule has 200 valence electrons.